The Morgan fingerprint density at radius 2 is 1.93 bits per heavy atom. The molecule has 8 heteroatoms. The number of carbonyl (C=O) groups is 1. The lowest BCUT2D eigenvalue weighted by Gasteiger charge is -2.09. The van der Waals surface area contributed by atoms with Crippen molar-refractivity contribution < 1.29 is 9.18 Å². The number of halogens is 1. The fourth-order valence-electron chi connectivity index (χ4n) is 2.47. The first kappa shape index (κ1) is 18.2. The highest BCUT2D eigenvalue weighted by Gasteiger charge is 2.04. The average Bonchev–Trinajstić information content (AvgIpc) is 2.63. The van der Waals surface area contributed by atoms with E-state index in [1.165, 1.54) is 19.2 Å². The molecule has 3 N–H and O–H groups in total. The lowest BCUT2D eigenvalue weighted by Crippen LogP contribution is -2.10. The first-order valence-corrected chi connectivity index (χ1v) is 8.42. The molecule has 0 aliphatic rings. The minimum atomic E-state index is -0.229. The predicted octanol–water partition coefficient (Wildman–Crippen LogP) is 3.37. The van der Waals surface area contributed by atoms with E-state index in [9.17, 15) is 9.18 Å². The van der Waals surface area contributed by atoms with E-state index < -0.39 is 0 Å². The van der Waals surface area contributed by atoms with Crippen LogP contribution in [0.1, 0.15) is 12.5 Å². The van der Waals surface area contributed by atoms with Gasteiger partial charge in [0.1, 0.15) is 5.82 Å². The van der Waals surface area contributed by atoms with Crippen LogP contribution < -0.4 is 16.0 Å². The third-order valence-corrected chi connectivity index (χ3v) is 3.65. The summed E-state index contributed by atoms with van der Waals surface area (Å²) < 4.78 is 13.6. The number of nitrogens with one attached hydrogen (secondary N) is 3. The average molecular weight is 366 g/mol. The Hall–Kier alpha value is -3.55. The van der Waals surface area contributed by atoms with Gasteiger partial charge in [0.2, 0.25) is 11.9 Å². The second kappa shape index (κ2) is 8.70. The number of aromatic nitrogens is 3. The van der Waals surface area contributed by atoms with Crippen LogP contribution in [0.3, 0.4) is 0 Å². The molecular formula is C19H19FN6O. The summed E-state index contributed by atoms with van der Waals surface area (Å²) in [5, 5.41) is 16.7. The van der Waals surface area contributed by atoms with Crippen LogP contribution in [0.25, 0.3) is 0 Å². The summed E-state index contributed by atoms with van der Waals surface area (Å²) in [7, 11) is 0. The maximum Gasteiger partial charge on any atom is 0.244 e. The van der Waals surface area contributed by atoms with E-state index in [1.54, 1.807) is 30.3 Å². The topological polar surface area (TPSA) is 91.8 Å². The molecule has 1 heterocycles. The Bertz CT molecular complexity index is 933. The van der Waals surface area contributed by atoms with Crippen LogP contribution in [0.15, 0.2) is 54.7 Å². The lowest BCUT2D eigenvalue weighted by molar-refractivity contribution is -0.114. The summed E-state index contributed by atoms with van der Waals surface area (Å²) in [5.41, 5.74) is 2.05. The van der Waals surface area contributed by atoms with Crippen LogP contribution in [0.4, 0.5) is 27.5 Å². The van der Waals surface area contributed by atoms with Crippen molar-refractivity contribution in [2.45, 2.75) is 13.3 Å². The van der Waals surface area contributed by atoms with E-state index in [-0.39, 0.29) is 11.7 Å². The Morgan fingerprint density at radius 3 is 2.74 bits per heavy atom. The molecule has 0 atom stereocenters. The molecule has 0 fully saturated rings. The molecule has 0 aliphatic carbocycles. The molecule has 1 aromatic heterocycles. The quantitative estimate of drug-likeness (QED) is 0.594. The largest absolute Gasteiger partial charge is 0.353 e. The Kier molecular flexibility index (Phi) is 5.88. The van der Waals surface area contributed by atoms with Crippen molar-refractivity contribution in [1.82, 2.24) is 15.2 Å². The van der Waals surface area contributed by atoms with Gasteiger partial charge < -0.3 is 16.0 Å². The fourth-order valence-corrected chi connectivity index (χ4v) is 2.47. The van der Waals surface area contributed by atoms with Gasteiger partial charge in [-0.2, -0.15) is 10.1 Å². The van der Waals surface area contributed by atoms with E-state index in [1.807, 2.05) is 12.1 Å². The molecule has 3 rings (SSSR count). The summed E-state index contributed by atoms with van der Waals surface area (Å²) in [5.74, 6) is 0.470. The van der Waals surface area contributed by atoms with Crippen LogP contribution >= 0.6 is 0 Å². The number of amides is 1. The Morgan fingerprint density at radius 1 is 1.11 bits per heavy atom. The monoisotopic (exact) mass is 366 g/mol. The maximum absolute atomic E-state index is 13.6. The second-order valence-corrected chi connectivity index (χ2v) is 5.82. The Balaban J connectivity index is 1.60. The highest BCUT2D eigenvalue weighted by Crippen LogP contribution is 2.19. The number of hydrogen-bond donors (Lipinski definition) is 3. The third-order valence-electron chi connectivity index (χ3n) is 3.65. The smallest absolute Gasteiger partial charge is 0.244 e. The van der Waals surface area contributed by atoms with Gasteiger partial charge >= 0.3 is 0 Å². The number of carbonyl (C=O) groups excluding carboxylic acids is 1. The number of anilines is 4. The third kappa shape index (κ3) is 5.46. The predicted molar refractivity (Wildman–Crippen MR) is 102 cm³/mol. The number of rotatable bonds is 7. The summed E-state index contributed by atoms with van der Waals surface area (Å²) in [6.07, 6.45) is 2.00. The maximum atomic E-state index is 13.6. The molecule has 1 amide bonds. The van der Waals surface area contributed by atoms with Crippen LogP contribution in [-0.4, -0.2) is 27.6 Å². The van der Waals surface area contributed by atoms with Crippen LogP contribution in [0.5, 0.6) is 0 Å². The van der Waals surface area contributed by atoms with Crippen molar-refractivity contribution in [2.24, 2.45) is 0 Å². The Labute approximate surface area is 156 Å². The van der Waals surface area contributed by atoms with Gasteiger partial charge in [0, 0.05) is 24.8 Å². The normalized spacial score (nSPS) is 10.3. The molecule has 0 unspecified atom stereocenters. The van der Waals surface area contributed by atoms with Crippen molar-refractivity contribution in [3.63, 3.8) is 0 Å². The molecule has 0 saturated carbocycles. The van der Waals surface area contributed by atoms with Crippen molar-refractivity contribution in [3.8, 4) is 0 Å². The van der Waals surface area contributed by atoms with Gasteiger partial charge in [-0.3, -0.25) is 4.79 Å². The van der Waals surface area contributed by atoms with E-state index in [0.29, 0.717) is 36.0 Å². The molecule has 3 aromatic rings. The minimum absolute atomic E-state index is 0.141. The van der Waals surface area contributed by atoms with Gasteiger partial charge in [0.05, 0.1) is 6.20 Å². The number of benzene rings is 2. The first-order chi connectivity index (χ1) is 13.1. The molecule has 0 bridgehead atoms. The summed E-state index contributed by atoms with van der Waals surface area (Å²) in [6.45, 7) is 1.93. The van der Waals surface area contributed by atoms with Gasteiger partial charge in [0.25, 0.3) is 0 Å². The van der Waals surface area contributed by atoms with E-state index in [4.69, 9.17) is 0 Å². The summed E-state index contributed by atoms with van der Waals surface area (Å²) >= 11 is 0. The molecule has 0 radical (unpaired) electrons. The SMILES string of the molecule is CC(=O)Nc1cccc(Nc2cnnc(NCCc3ccccc3F)n2)c1. The molecule has 0 aliphatic heterocycles. The fraction of sp³-hybridized carbons (Fsp3) is 0.158. The molecule has 138 valence electrons. The van der Waals surface area contributed by atoms with Gasteiger partial charge in [-0.15, -0.1) is 5.10 Å². The minimum Gasteiger partial charge on any atom is -0.353 e. The zero-order valence-corrected chi connectivity index (χ0v) is 14.7. The van der Waals surface area contributed by atoms with Crippen molar-refractivity contribution in [3.05, 3.63) is 66.1 Å². The number of hydrogen-bond acceptors (Lipinski definition) is 6. The van der Waals surface area contributed by atoms with E-state index in [0.717, 1.165) is 5.69 Å². The number of nitrogens with zero attached hydrogens (tertiary/aromatic N) is 3. The molecule has 0 saturated heterocycles. The van der Waals surface area contributed by atoms with Gasteiger partial charge in [-0.05, 0) is 36.2 Å². The second-order valence-electron chi connectivity index (χ2n) is 5.82. The standard InChI is InChI=1S/C19H19FN6O/c1-13(27)23-15-6-4-7-16(11-15)24-18-12-22-26-19(25-18)21-10-9-14-5-2-3-8-17(14)20/h2-8,11-12H,9-10H2,1H3,(H,23,27)(H2,21,24,25,26). The van der Waals surface area contributed by atoms with Crippen molar-refractivity contribution in [1.29, 1.82) is 0 Å². The highest BCUT2D eigenvalue weighted by molar-refractivity contribution is 5.89. The van der Waals surface area contributed by atoms with Gasteiger partial charge in [-0.1, -0.05) is 24.3 Å². The molecule has 2 aromatic carbocycles. The molecular weight excluding hydrogens is 347 g/mol. The van der Waals surface area contributed by atoms with E-state index in [2.05, 4.69) is 31.1 Å². The van der Waals surface area contributed by atoms with Crippen LogP contribution in [0, 0.1) is 5.82 Å². The van der Waals surface area contributed by atoms with E-state index >= 15 is 0 Å². The lowest BCUT2D eigenvalue weighted by atomic mass is 10.1. The molecule has 0 spiro atoms. The van der Waals surface area contributed by atoms with Crippen molar-refractivity contribution in [2.75, 3.05) is 22.5 Å². The van der Waals surface area contributed by atoms with Gasteiger partial charge in [-0.25, -0.2) is 4.39 Å². The zero-order valence-electron chi connectivity index (χ0n) is 14.7. The highest BCUT2D eigenvalue weighted by atomic mass is 19.1. The first-order valence-electron chi connectivity index (χ1n) is 8.42. The molecule has 27 heavy (non-hydrogen) atoms. The zero-order chi connectivity index (χ0) is 19.1. The van der Waals surface area contributed by atoms with Crippen LogP contribution in [0.2, 0.25) is 0 Å². The van der Waals surface area contributed by atoms with Crippen molar-refractivity contribution >= 4 is 29.0 Å². The molecule has 7 nitrogen and oxygen atoms in total. The van der Waals surface area contributed by atoms with Gasteiger partial charge in [0.15, 0.2) is 5.82 Å². The summed E-state index contributed by atoms with van der Waals surface area (Å²) in [4.78, 5) is 15.5. The van der Waals surface area contributed by atoms with Crippen LogP contribution in [-0.2, 0) is 11.2 Å². The summed E-state index contributed by atoms with van der Waals surface area (Å²) in [6, 6.07) is 13.9.